The van der Waals surface area contributed by atoms with E-state index in [0.29, 0.717) is 4.34 Å². The van der Waals surface area contributed by atoms with Crippen molar-refractivity contribution in [3.05, 3.63) is 29.8 Å². The third-order valence-electron chi connectivity index (χ3n) is 2.93. The first-order chi connectivity index (χ1) is 10.5. The molecule has 3 rings (SSSR count). The number of imide groups is 1. The Morgan fingerprint density at radius 3 is 2.68 bits per heavy atom. The van der Waals surface area contributed by atoms with E-state index in [1.54, 1.807) is 0 Å². The summed E-state index contributed by atoms with van der Waals surface area (Å²) in [6.07, 6.45) is -0.0536. The number of nitrogens with two attached hydrogens (primary N) is 1. The molecule has 2 aromatic rings. The Hall–Kier alpha value is -2.07. The molecule has 1 unspecified atom stereocenters. The molecule has 1 atom stereocenters. The Labute approximate surface area is 131 Å². The van der Waals surface area contributed by atoms with Crippen LogP contribution >= 0.6 is 23.1 Å². The Balaban J connectivity index is 1.83. The van der Waals surface area contributed by atoms with E-state index in [0.717, 1.165) is 40.1 Å². The van der Waals surface area contributed by atoms with Crippen LogP contribution in [0.3, 0.4) is 0 Å². The van der Waals surface area contributed by atoms with Crippen molar-refractivity contribution in [1.82, 2.24) is 10.2 Å². The summed E-state index contributed by atoms with van der Waals surface area (Å²) < 4.78 is 26.7. The summed E-state index contributed by atoms with van der Waals surface area (Å²) in [7, 11) is 0. The van der Waals surface area contributed by atoms with Crippen molar-refractivity contribution in [3.63, 3.8) is 0 Å². The maximum Gasteiger partial charge on any atom is 0.247 e. The van der Waals surface area contributed by atoms with Crippen molar-refractivity contribution in [2.75, 3.05) is 10.6 Å². The van der Waals surface area contributed by atoms with Gasteiger partial charge in [-0.05, 0) is 12.1 Å². The number of nitrogen functional groups attached to an aromatic ring is 1. The van der Waals surface area contributed by atoms with Crippen LogP contribution < -0.4 is 10.6 Å². The van der Waals surface area contributed by atoms with Gasteiger partial charge in [-0.2, -0.15) is 0 Å². The van der Waals surface area contributed by atoms with Gasteiger partial charge in [0.15, 0.2) is 16.0 Å². The number of aromatic nitrogens is 2. The van der Waals surface area contributed by atoms with Crippen molar-refractivity contribution in [2.24, 2.45) is 0 Å². The van der Waals surface area contributed by atoms with Gasteiger partial charge in [0.05, 0.1) is 5.69 Å². The van der Waals surface area contributed by atoms with Gasteiger partial charge in [-0.15, -0.1) is 10.2 Å². The van der Waals surface area contributed by atoms with Crippen LogP contribution in [0.1, 0.15) is 6.42 Å². The first kappa shape index (κ1) is 14.9. The van der Waals surface area contributed by atoms with Gasteiger partial charge in [0, 0.05) is 12.5 Å². The highest BCUT2D eigenvalue weighted by molar-refractivity contribution is 8.02. The average Bonchev–Trinajstić information content (AvgIpc) is 2.98. The minimum absolute atomic E-state index is 0.00813. The lowest BCUT2D eigenvalue weighted by Crippen LogP contribution is -2.31. The van der Waals surface area contributed by atoms with Crippen LogP contribution in [0.15, 0.2) is 22.5 Å². The Bertz CT molecular complexity index is 767. The van der Waals surface area contributed by atoms with E-state index >= 15 is 0 Å². The molecule has 22 heavy (non-hydrogen) atoms. The average molecular weight is 342 g/mol. The molecule has 1 saturated heterocycles. The predicted molar refractivity (Wildman–Crippen MR) is 77.4 cm³/mol. The maximum atomic E-state index is 13.3. The summed E-state index contributed by atoms with van der Waals surface area (Å²) in [4.78, 5) is 25.2. The number of amides is 2. The lowest BCUT2D eigenvalue weighted by atomic mass is 10.3. The molecule has 1 aromatic carbocycles. The van der Waals surface area contributed by atoms with Gasteiger partial charge in [-0.3, -0.25) is 9.59 Å². The summed E-state index contributed by atoms with van der Waals surface area (Å²) in [5.41, 5.74) is 5.46. The number of carbonyl (C=O) groups excluding carboxylic acids is 2. The quantitative estimate of drug-likeness (QED) is 0.856. The minimum atomic E-state index is -1.12. The van der Waals surface area contributed by atoms with Gasteiger partial charge >= 0.3 is 0 Å². The zero-order chi connectivity index (χ0) is 15.9. The van der Waals surface area contributed by atoms with Crippen molar-refractivity contribution in [3.8, 4) is 0 Å². The number of hydrogen-bond donors (Lipinski definition) is 1. The Morgan fingerprint density at radius 1 is 1.27 bits per heavy atom. The van der Waals surface area contributed by atoms with Crippen LogP contribution in [0.2, 0.25) is 0 Å². The van der Waals surface area contributed by atoms with Gasteiger partial charge in [-0.1, -0.05) is 23.1 Å². The topological polar surface area (TPSA) is 89.2 Å². The highest BCUT2D eigenvalue weighted by atomic mass is 32.2. The van der Waals surface area contributed by atoms with Crippen LogP contribution in [-0.2, 0) is 9.59 Å². The van der Waals surface area contributed by atoms with E-state index < -0.39 is 28.7 Å². The molecule has 1 aliphatic heterocycles. The first-order valence-corrected chi connectivity index (χ1v) is 7.73. The number of carbonyl (C=O) groups is 2. The minimum Gasteiger partial charge on any atom is -0.374 e. The normalized spacial score (nSPS) is 18.3. The summed E-state index contributed by atoms with van der Waals surface area (Å²) in [6, 6.07) is 2.88. The van der Waals surface area contributed by atoms with Crippen LogP contribution in [0, 0.1) is 11.6 Å². The van der Waals surface area contributed by atoms with E-state index in [1.807, 2.05) is 0 Å². The number of halogens is 2. The zero-order valence-electron chi connectivity index (χ0n) is 10.8. The molecular formula is C12H8F2N4O2S2. The molecule has 0 bridgehead atoms. The Kier molecular flexibility index (Phi) is 3.79. The van der Waals surface area contributed by atoms with Gasteiger partial charge in [-0.25, -0.2) is 13.7 Å². The number of anilines is 2. The fourth-order valence-electron chi connectivity index (χ4n) is 1.98. The van der Waals surface area contributed by atoms with E-state index in [2.05, 4.69) is 10.2 Å². The van der Waals surface area contributed by atoms with Gasteiger partial charge in [0.25, 0.3) is 0 Å². The largest absolute Gasteiger partial charge is 0.374 e. The second-order valence-corrected chi connectivity index (χ2v) is 6.84. The van der Waals surface area contributed by atoms with Crippen LogP contribution in [0.4, 0.5) is 19.6 Å². The predicted octanol–water partition coefficient (Wildman–Crippen LogP) is 1.82. The van der Waals surface area contributed by atoms with E-state index in [4.69, 9.17) is 5.73 Å². The molecule has 114 valence electrons. The second-order valence-electron chi connectivity index (χ2n) is 4.38. The molecule has 1 fully saturated rings. The van der Waals surface area contributed by atoms with Crippen molar-refractivity contribution in [2.45, 2.75) is 16.0 Å². The third-order valence-corrected chi connectivity index (χ3v) is 4.95. The summed E-state index contributed by atoms with van der Waals surface area (Å²) in [5, 5.41) is 6.98. The van der Waals surface area contributed by atoms with E-state index in [9.17, 15) is 18.4 Å². The fourth-order valence-corrected chi connectivity index (χ4v) is 3.88. The number of nitrogens with zero attached hydrogens (tertiary/aromatic N) is 3. The summed E-state index contributed by atoms with van der Waals surface area (Å²) >= 11 is 2.18. The monoisotopic (exact) mass is 342 g/mol. The second kappa shape index (κ2) is 5.61. The van der Waals surface area contributed by atoms with Crippen LogP contribution in [-0.4, -0.2) is 27.3 Å². The van der Waals surface area contributed by atoms with Gasteiger partial charge in [0.2, 0.25) is 16.9 Å². The van der Waals surface area contributed by atoms with Crippen LogP contribution in [0.5, 0.6) is 0 Å². The van der Waals surface area contributed by atoms with Gasteiger partial charge in [0.1, 0.15) is 5.25 Å². The molecule has 1 aliphatic rings. The van der Waals surface area contributed by atoms with Gasteiger partial charge < -0.3 is 5.73 Å². The Morgan fingerprint density at radius 2 is 2.05 bits per heavy atom. The highest BCUT2D eigenvalue weighted by Crippen LogP contribution is 2.35. The van der Waals surface area contributed by atoms with Crippen LogP contribution in [0.25, 0.3) is 0 Å². The molecule has 0 saturated carbocycles. The molecule has 2 heterocycles. The zero-order valence-corrected chi connectivity index (χ0v) is 12.5. The third kappa shape index (κ3) is 2.66. The molecule has 0 aliphatic carbocycles. The van der Waals surface area contributed by atoms with E-state index in [-0.39, 0.29) is 17.2 Å². The van der Waals surface area contributed by atoms with Crippen molar-refractivity contribution >= 4 is 45.7 Å². The van der Waals surface area contributed by atoms with E-state index in [1.165, 1.54) is 6.07 Å². The highest BCUT2D eigenvalue weighted by Gasteiger charge is 2.41. The fraction of sp³-hybridized carbons (Fsp3) is 0.167. The molecule has 2 amide bonds. The molecule has 2 N–H and O–H groups in total. The molecule has 0 spiro atoms. The number of benzene rings is 1. The van der Waals surface area contributed by atoms with Crippen molar-refractivity contribution < 1.29 is 18.4 Å². The smallest absolute Gasteiger partial charge is 0.247 e. The SMILES string of the molecule is Nc1nnc(SC2CC(=O)N(c3ccc(F)c(F)c3)C2=O)s1. The maximum absolute atomic E-state index is 13.3. The molecular weight excluding hydrogens is 334 g/mol. The lowest BCUT2D eigenvalue weighted by Gasteiger charge is -2.14. The summed E-state index contributed by atoms with van der Waals surface area (Å²) in [5.74, 6) is -3.15. The number of thioether (sulfide) groups is 1. The molecule has 10 heteroatoms. The molecule has 1 aromatic heterocycles. The first-order valence-electron chi connectivity index (χ1n) is 6.03. The number of rotatable bonds is 3. The molecule has 6 nitrogen and oxygen atoms in total. The van der Waals surface area contributed by atoms with Crippen molar-refractivity contribution in [1.29, 1.82) is 0 Å². The standard InChI is InChI=1S/C12H8F2N4O2S2/c13-6-2-1-5(3-7(6)14)18-9(19)4-8(10(18)20)21-12-17-16-11(15)22-12/h1-3,8H,4H2,(H2,15,16). The summed E-state index contributed by atoms with van der Waals surface area (Å²) in [6.45, 7) is 0. The number of hydrogen-bond acceptors (Lipinski definition) is 7. The molecule has 0 radical (unpaired) electrons. The lowest BCUT2D eigenvalue weighted by molar-refractivity contribution is -0.121.